The Balaban J connectivity index is 2.05. The lowest BCUT2D eigenvalue weighted by Gasteiger charge is -2.10. The quantitative estimate of drug-likeness (QED) is 0.881. The fourth-order valence-electron chi connectivity index (χ4n) is 1.88. The number of rotatable bonds is 5. The van der Waals surface area contributed by atoms with Gasteiger partial charge in [0.25, 0.3) is 0 Å². The van der Waals surface area contributed by atoms with Crippen molar-refractivity contribution in [3.05, 3.63) is 64.4 Å². The van der Waals surface area contributed by atoms with Gasteiger partial charge in [0.2, 0.25) is 0 Å². The summed E-state index contributed by atoms with van der Waals surface area (Å²) in [5, 5.41) is 12.4. The maximum Gasteiger partial charge on any atom is 0.337 e. The van der Waals surface area contributed by atoms with Crippen LogP contribution in [0, 0.1) is 5.82 Å². The first kappa shape index (κ1) is 14.3. The highest BCUT2D eigenvalue weighted by Gasteiger charge is 2.10. The minimum atomic E-state index is -1.05. The number of benzene rings is 2. The summed E-state index contributed by atoms with van der Waals surface area (Å²) in [7, 11) is 0. The van der Waals surface area contributed by atoms with Gasteiger partial charge in [0.1, 0.15) is 5.82 Å². The molecule has 0 bridgehead atoms. The highest BCUT2D eigenvalue weighted by atomic mass is 35.5. The van der Waals surface area contributed by atoms with E-state index in [2.05, 4.69) is 5.32 Å². The first-order chi connectivity index (χ1) is 9.58. The molecule has 0 heterocycles. The summed E-state index contributed by atoms with van der Waals surface area (Å²) in [6.07, 6.45) is 0.467. The molecule has 0 atom stereocenters. The number of aromatic carboxylic acids is 1. The van der Waals surface area contributed by atoms with E-state index in [0.717, 1.165) is 0 Å². The van der Waals surface area contributed by atoms with Crippen molar-refractivity contribution in [2.24, 2.45) is 0 Å². The lowest BCUT2D eigenvalue weighted by atomic mass is 10.1. The Morgan fingerprint density at radius 3 is 2.70 bits per heavy atom. The molecular formula is C15H13ClFNO2. The number of carboxylic acids is 1. The van der Waals surface area contributed by atoms with Crippen LogP contribution in [0.15, 0.2) is 42.5 Å². The van der Waals surface area contributed by atoms with Crippen LogP contribution < -0.4 is 5.32 Å². The predicted octanol–water partition coefficient (Wildman–Crippen LogP) is 3.83. The van der Waals surface area contributed by atoms with E-state index in [4.69, 9.17) is 16.7 Å². The largest absolute Gasteiger partial charge is 0.478 e. The average molecular weight is 294 g/mol. The Bertz CT molecular complexity index is 631. The van der Waals surface area contributed by atoms with Gasteiger partial charge in [0.05, 0.1) is 5.56 Å². The Morgan fingerprint density at radius 2 is 2.00 bits per heavy atom. The van der Waals surface area contributed by atoms with Gasteiger partial charge in [-0.05, 0) is 36.2 Å². The lowest BCUT2D eigenvalue weighted by Crippen LogP contribution is -2.10. The fraction of sp³-hybridized carbons (Fsp3) is 0.133. The third kappa shape index (κ3) is 3.48. The van der Waals surface area contributed by atoms with Gasteiger partial charge in [0.15, 0.2) is 0 Å². The molecule has 5 heteroatoms. The zero-order valence-electron chi connectivity index (χ0n) is 10.6. The molecule has 0 aliphatic carbocycles. The number of anilines is 1. The number of carboxylic acid groups (broad SMARTS) is 1. The van der Waals surface area contributed by atoms with E-state index in [9.17, 15) is 9.18 Å². The second-order valence-corrected chi connectivity index (χ2v) is 4.70. The van der Waals surface area contributed by atoms with Crippen LogP contribution in [-0.2, 0) is 6.42 Å². The maximum atomic E-state index is 13.4. The van der Waals surface area contributed by atoms with Gasteiger partial charge in [-0.3, -0.25) is 0 Å². The van der Waals surface area contributed by atoms with Crippen molar-refractivity contribution in [3.63, 3.8) is 0 Å². The molecule has 0 fully saturated rings. The second-order valence-electron chi connectivity index (χ2n) is 4.26. The summed E-state index contributed by atoms with van der Waals surface area (Å²) < 4.78 is 13.4. The maximum absolute atomic E-state index is 13.4. The van der Waals surface area contributed by atoms with Crippen LogP contribution in [0.5, 0.6) is 0 Å². The number of hydrogen-bond donors (Lipinski definition) is 2. The minimum absolute atomic E-state index is 0.103. The molecule has 0 aromatic heterocycles. The molecule has 3 nitrogen and oxygen atoms in total. The van der Waals surface area contributed by atoms with Crippen LogP contribution in [0.2, 0.25) is 5.02 Å². The summed E-state index contributed by atoms with van der Waals surface area (Å²) in [5.74, 6) is -1.32. The molecular weight excluding hydrogens is 281 g/mol. The smallest absolute Gasteiger partial charge is 0.337 e. The molecule has 2 aromatic rings. The van der Waals surface area contributed by atoms with E-state index in [0.29, 0.717) is 29.2 Å². The molecule has 0 radical (unpaired) electrons. The van der Waals surface area contributed by atoms with Crippen LogP contribution in [0.25, 0.3) is 0 Å². The van der Waals surface area contributed by atoms with Gasteiger partial charge < -0.3 is 10.4 Å². The molecule has 2 aromatic carbocycles. The zero-order valence-corrected chi connectivity index (χ0v) is 11.3. The summed E-state index contributed by atoms with van der Waals surface area (Å²) in [4.78, 5) is 11.1. The van der Waals surface area contributed by atoms with Crippen molar-refractivity contribution in [1.29, 1.82) is 0 Å². The van der Waals surface area contributed by atoms with E-state index >= 15 is 0 Å². The van der Waals surface area contributed by atoms with Crippen LogP contribution >= 0.6 is 11.6 Å². The summed E-state index contributed by atoms with van der Waals surface area (Å²) in [6.45, 7) is 0.433. The molecule has 0 spiro atoms. The van der Waals surface area contributed by atoms with Gasteiger partial charge in [0, 0.05) is 17.3 Å². The van der Waals surface area contributed by atoms with Gasteiger partial charge in [-0.15, -0.1) is 0 Å². The summed E-state index contributed by atoms with van der Waals surface area (Å²) in [6, 6.07) is 11.1. The summed E-state index contributed by atoms with van der Waals surface area (Å²) >= 11 is 5.77. The minimum Gasteiger partial charge on any atom is -0.478 e. The number of halogens is 2. The normalized spacial score (nSPS) is 10.3. The third-order valence-corrected chi connectivity index (χ3v) is 3.11. The standard InChI is InChI=1S/C15H13ClFNO2/c16-11-5-6-14(12(9-11)15(19)20)18-8-7-10-3-1-2-4-13(10)17/h1-6,9,18H,7-8H2,(H,19,20). The van der Waals surface area contributed by atoms with Crippen molar-refractivity contribution in [2.75, 3.05) is 11.9 Å². The van der Waals surface area contributed by atoms with Crippen molar-refractivity contribution in [3.8, 4) is 0 Å². The molecule has 0 unspecified atom stereocenters. The Morgan fingerprint density at radius 1 is 1.25 bits per heavy atom. The molecule has 2 N–H and O–H groups in total. The van der Waals surface area contributed by atoms with E-state index in [1.807, 2.05) is 0 Å². The van der Waals surface area contributed by atoms with Gasteiger partial charge in [-0.25, -0.2) is 9.18 Å². The first-order valence-electron chi connectivity index (χ1n) is 6.08. The van der Waals surface area contributed by atoms with E-state index in [1.54, 1.807) is 30.3 Å². The molecule has 0 saturated carbocycles. The van der Waals surface area contributed by atoms with Crippen molar-refractivity contribution in [1.82, 2.24) is 0 Å². The molecule has 0 aliphatic rings. The molecule has 104 valence electrons. The molecule has 0 aliphatic heterocycles. The van der Waals surface area contributed by atoms with E-state index in [1.165, 1.54) is 12.1 Å². The van der Waals surface area contributed by atoms with E-state index in [-0.39, 0.29) is 11.4 Å². The van der Waals surface area contributed by atoms with Crippen LogP contribution in [0.4, 0.5) is 10.1 Å². The number of carbonyl (C=O) groups is 1. The van der Waals surface area contributed by atoms with Crippen LogP contribution in [0.3, 0.4) is 0 Å². The lowest BCUT2D eigenvalue weighted by molar-refractivity contribution is 0.0698. The van der Waals surface area contributed by atoms with E-state index < -0.39 is 5.97 Å². The van der Waals surface area contributed by atoms with Crippen molar-refractivity contribution >= 4 is 23.3 Å². The Labute approximate surface area is 121 Å². The number of hydrogen-bond acceptors (Lipinski definition) is 2. The van der Waals surface area contributed by atoms with Crippen LogP contribution in [-0.4, -0.2) is 17.6 Å². The SMILES string of the molecule is O=C(O)c1cc(Cl)ccc1NCCc1ccccc1F. The second kappa shape index (κ2) is 6.39. The third-order valence-electron chi connectivity index (χ3n) is 2.88. The van der Waals surface area contributed by atoms with Gasteiger partial charge >= 0.3 is 5.97 Å². The summed E-state index contributed by atoms with van der Waals surface area (Å²) in [5.41, 5.74) is 1.16. The van der Waals surface area contributed by atoms with Gasteiger partial charge in [-0.1, -0.05) is 29.8 Å². The first-order valence-corrected chi connectivity index (χ1v) is 6.46. The Kier molecular flexibility index (Phi) is 4.58. The molecule has 2 rings (SSSR count). The van der Waals surface area contributed by atoms with Crippen molar-refractivity contribution < 1.29 is 14.3 Å². The van der Waals surface area contributed by atoms with Gasteiger partial charge in [-0.2, -0.15) is 0 Å². The topological polar surface area (TPSA) is 49.3 Å². The number of nitrogens with one attached hydrogen (secondary N) is 1. The van der Waals surface area contributed by atoms with Crippen molar-refractivity contribution in [2.45, 2.75) is 6.42 Å². The monoisotopic (exact) mass is 293 g/mol. The molecule has 20 heavy (non-hydrogen) atoms. The highest BCUT2D eigenvalue weighted by Crippen LogP contribution is 2.20. The average Bonchev–Trinajstić information content (AvgIpc) is 2.42. The highest BCUT2D eigenvalue weighted by molar-refractivity contribution is 6.31. The zero-order chi connectivity index (χ0) is 14.5. The fourth-order valence-corrected chi connectivity index (χ4v) is 2.05. The molecule has 0 amide bonds. The van der Waals surface area contributed by atoms with Crippen LogP contribution in [0.1, 0.15) is 15.9 Å². The predicted molar refractivity (Wildman–Crippen MR) is 77.0 cm³/mol. The molecule has 0 saturated heterocycles. The Hall–Kier alpha value is -2.07.